The van der Waals surface area contributed by atoms with Crippen LogP contribution >= 0.6 is 0 Å². The maximum Gasteiger partial charge on any atom is 0.234 e. The molecule has 0 spiro atoms. The Hall–Kier alpha value is -1.61. The third-order valence-corrected chi connectivity index (χ3v) is 4.29. The van der Waals surface area contributed by atoms with E-state index in [1.54, 1.807) is 6.08 Å². The molecule has 1 saturated carbocycles. The summed E-state index contributed by atoms with van der Waals surface area (Å²) in [6, 6.07) is 9.69. The van der Waals surface area contributed by atoms with Crippen LogP contribution < -0.4 is 5.32 Å². The zero-order valence-electron chi connectivity index (χ0n) is 11.8. The molecule has 1 N–H and O–H groups in total. The highest BCUT2D eigenvalue weighted by atomic mass is 16.2. The van der Waals surface area contributed by atoms with Gasteiger partial charge in [0.05, 0.1) is 6.54 Å². The van der Waals surface area contributed by atoms with E-state index in [1.807, 2.05) is 0 Å². The fraction of sp³-hybridized carbons (Fsp3) is 0.471. The van der Waals surface area contributed by atoms with Gasteiger partial charge in [-0.3, -0.25) is 9.69 Å². The Kier molecular flexibility index (Phi) is 3.88. The van der Waals surface area contributed by atoms with Crippen molar-refractivity contribution in [2.45, 2.75) is 37.8 Å². The Morgan fingerprint density at radius 1 is 1.35 bits per heavy atom. The second kappa shape index (κ2) is 5.80. The summed E-state index contributed by atoms with van der Waals surface area (Å²) in [4.78, 5) is 14.4. The monoisotopic (exact) mass is 270 g/mol. The molecule has 0 saturated heterocycles. The van der Waals surface area contributed by atoms with Crippen molar-refractivity contribution < 1.29 is 4.79 Å². The van der Waals surface area contributed by atoms with Crippen LogP contribution in [-0.4, -0.2) is 29.9 Å². The van der Waals surface area contributed by atoms with Crippen LogP contribution in [0.2, 0.25) is 0 Å². The molecule has 1 atom stereocenters. The van der Waals surface area contributed by atoms with E-state index in [4.69, 9.17) is 0 Å². The van der Waals surface area contributed by atoms with Gasteiger partial charge in [-0.05, 0) is 36.8 Å². The molecule has 1 aromatic carbocycles. The van der Waals surface area contributed by atoms with Crippen molar-refractivity contribution >= 4 is 5.91 Å². The molecule has 3 rings (SSSR count). The van der Waals surface area contributed by atoms with Crippen LogP contribution in [0.15, 0.2) is 36.9 Å². The summed E-state index contributed by atoms with van der Waals surface area (Å²) >= 11 is 0. The summed E-state index contributed by atoms with van der Waals surface area (Å²) in [5.74, 6) is 0.112. The van der Waals surface area contributed by atoms with Crippen LogP contribution in [0.1, 0.15) is 36.4 Å². The fourth-order valence-corrected chi connectivity index (χ4v) is 3.19. The van der Waals surface area contributed by atoms with Crippen molar-refractivity contribution in [3.05, 3.63) is 48.0 Å². The number of nitrogens with zero attached hydrogens (tertiary/aromatic N) is 1. The van der Waals surface area contributed by atoms with Crippen LogP contribution in [0, 0.1) is 0 Å². The maximum atomic E-state index is 12.0. The summed E-state index contributed by atoms with van der Waals surface area (Å²) in [5.41, 5.74) is 2.88. The zero-order valence-corrected chi connectivity index (χ0v) is 11.8. The van der Waals surface area contributed by atoms with E-state index in [1.165, 1.54) is 24.0 Å². The highest BCUT2D eigenvalue weighted by Crippen LogP contribution is 2.41. The summed E-state index contributed by atoms with van der Waals surface area (Å²) in [6.45, 7) is 4.70. The number of rotatable bonds is 6. The number of benzene rings is 1. The van der Waals surface area contributed by atoms with Gasteiger partial charge in [-0.15, -0.1) is 6.58 Å². The first-order valence-electron chi connectivity index (χ1n) is 7.50. The summed E-state index contributed by atoms with van der Waals surface area (Å²) in [6.07, 6.45) is 6.47. The summed E-state index contributed by atoms with van der Waals surface area (Å²) < 4.78 is 0. The molecule has 20 heavy (non-hydrogen) atoms. The third-order valence-electron chi connectivity index (χ3n) is 4.29. The molecule has 1 amide bonds. The molecule has 0 radical (unpaired) electrons. The van der Waals surface area contributed by atoms with E-state index in [0.717, 1.165) is 12.8 Å². The smallest absolute Gasteiger partial charge is 0.234 e. The molecule has 1 fully saturated rings. The van der Waals surface area contributed by atoms with E-state index < -0.39 is 0 Å². The number of amides is 1. The average Bonchev–Trinajstić information content (AvgIpc) is 3.22. The van der Waals surface area contributed by atoms with Crippen molar-refractivity contribution in [2.24, 2.45) is 0 Å². The Balaban J connectivity index is 1.72. The third kappa shape index (κ3) is 2.78. The maximum absolute atomic E-state index is 12.0. The number of hydrogen-bond donors (Lipinski definition) is 1. The van der Waals surface area contributed by atoms with Crippen molar-refractivity contribution in [1.29, 1.82) is 0 Å². The van der Waals surface area contributed by atoms with Crippen LogP contribution in [-0.2, 0) is 11.2 Å². The lowest BCUT2D eigenvalue weighted by Gasteiger charge is -2.29. The molecule has 1 aromatic rings. The van der Waals surface area contributed by atoms with Gasteiger partial charge in [0.15, 0.2) is 0 Å². The van der Waals surface area contributed by atoms with Crippen LogP contribution in [0.25, 0.3) is 0 Å². The molecule has 3 heteroatoms. The van der Waals surface area contributed by atoms with E-state index in [2.05, 4.69) is 41.1 Å². The predicted molar refractivity (Wildman–Crippen MR) is 80.4 cm³/mol. The summed E-state index contributed by atoms with van der Waals surface area (Å²) in [5, 5.41) is 2.89. The molecule has 2 aliphatic carbocycles. The molecular weight excluding hydrogens is 248 g/mol. The molecule has 106 valence electrons. The first-order valence-corrected chi connectivity index (χ1v) is 7.50. The van der Waals surface area contributed by atoms with E-state index >= 15 is 0 Å². The summed E-state index contributed by atoms with van der Waals surface area (Å²) in [7, 11) is 0. The van der Waals surface area contributed by atoms with Crippen molar-refractivity contribution in [3.8, 4) is 0 Å². The first-order chi connectivity index (χ1) is 9.79. The second-order valence-corrected chi connectivity index (χ2v) is 5.75. The predicted octanol–water partition coefficient (Wildman–Crippen LogP) is 2.44. The number of carbonyl (C=O) groups excluding carboxylic acids is 1. The lowest BCUT2D eigenvalue weighted by atomic mass is 10.1. The Bertz CT molecular complexity index is 507. The molecule has 0 aromatic heterocycles. The minimum absolute atomic E-state index is 0.112. The molecule has 3 nitrogen and oxygen atoms in total. The number of carbonyl (C=O) groups is 1. The average molecular weight is 270 g/mol. The van der Waals surface area contributed by atoms with Crippen LogP contribution in [0.4, 0.5) is 0 Å². The minimum Gasteiger partial charge on any atom is -0.352 e. The zero-order chi connectivity index (χ0) is 13.9. The highest BCUT2D eigenvalue weighted by molar-refractivity contribution is 5.78. The Labute approximate surface area is 120 Å². The van der Waals surface area contributed by atoms with Gasteiger partial charge in [-0.2, -0.15) is 0 Å². The Morgan fingerprint density at radius 3 is 2.90 bits per heavy atom. The second-order valence-electron chi connectivity index (χ2n) is 5.75. The molecule has 0 bridgehead atoms. The normalized spacial score (nSPS) is 20.8. The minimum atomic E-state index is 0.112. The molecular formula is C17H22N2O. The standard InChI is InChI=1S/C17H22N2O/c1-2-11-18-17(20)12-19(14-8-9-14)16-10-7-13-5-3-4-6-15(13)16/h2-6,14,16H,1,7-12H2,(H,18,20)/t16-/m1/s1. The molecule has 2 aliphatic rings. The van der Waals surface area contributed by atoms with Crippen molar-refractivity contribution in [3.63, 3.8) is 0 Å². The van der Waals surface area contributed by atoms with Gasteiger partial charge in [-0.1, -0.05) is 30.3 Å². The van der Waals surface area contributed by atoms with Gasteiger partial charge in [-0.25, -0.2) is 0 Å². The van der Waals surface area contributed by atoms with Gasteiger partial charge < -0.3 is 5.32 Å². The van der Waals surface area contributed by atoms with Crippen molar-refractivity contribution in [2.75, 3.05) is 13.1 Å². The lowest BCUT2D eigenvalue weighted by molar-refractivity contribution is -0.122. The van der Waals surface area contributed by atoms with E-state index in [-0.39, 0.29) is 5.91 Å². The van der Waals surface area contributed by atoms with Crippen LogP contribution in [0.3, 0.4) is 0 Å². The topological polar surface area (TPSA) is 32.3 Å². The number of aryl methyl sites for hydroxylation is 1. The number of nitrogens with one attached hydrogen (secondary N) is 1. The SMILES string of the molecule is C=CCNC(=O)CN(C1CC1)[C@@H]1CCc2ccccc21. The molecule has 0 aliphatic heterocycles. The molecule has 0 unspecified atom stereocenters. The van der Waals surface area contributed by atoms with Gasteiger partial charge in [0.2, 0.25) is 5.91 Å². The van der Waals surface area contributed by atoms with Gasteiger partial charge >= 0.3 is 0 Å². The van der Waals surface area contributed by atoms with Crippen LogP contribution in [0.5, 0.6) is 0 Å². The quantitative estimate of drug-likeness (QED) is 0.805. The number of hydrogen-bond acceptors (Lipinski definition) is 2. The first kappa shape index (κ1) is 13.4. The van der Waals surface area contributed by atoms with E-state index in [9.17, 15) is 4.79 Å². The largest absolute Gasteiger partial charge is 0.352 e. The fourth-order valence-electron chi connectivity index (χ4n) is 3.19. The lowest BCUT2D eigenvalue weighted by Crippen LogP contribution is -2.40. The van der Waals surface area contributed by atoms with E-state index in [0.29, 0.717) is 25.2 Å². The highest BCUT2D eigenvalue weighted by Gasteiger charge is 2.38. The Morgan fingerprint density at radius 2 is 2.15 bits per heavy atom. The number of fused-ring (bicyclic) bond motifs is 1. The molecule has 0 heterocycles. The van der Waals surface area contributed by atoms with Gasteiger partial charge in [0.25, 0.3) is 0 Å². The van der Waals surface area contributed by atoms with Crippen molar-refractivity contribution in [1.82, 2.24) is 10.2 Å². The van der Waals surface area contributed by atoms with Gasteiger partial charge in [0.1, 0.15) is 0 Å². The van der Waals surface area contributed by atoms with Gasteiger partial charge in [0, 0.05) is 18.6 Å².